The van der Waals surface area contributed by atoms with Gasteiger partial charge in [-0.15, -0.1) is 0 Å². The maximum absolute atomic E-state index is 14.3. The molecule has 0 bridgehead atoms. The van der Waals surface area contributed by atoms with E-state index < -0.39 is 5.95 Å². The number of nitrogens with two attached hydrogens (primary N) is 1. The number of aryl methyl sites for hydroxylation is 1. The summed E-state index contributed by atoms with van der Waals surface area (Å²) in [5.74, 6) is -0.428. The minimum atomic E-state index is -0.583. The molecule has 0 fully saturated rings. The molecule has 3 N–H and O–H groups in total. The fraction of sp³-hybridized carbons (Fsp3) is 0.143. The van der Waals surface area contributed by atoms with Gasteiger partial charge >= 0.3 is 0 Å². The van der Waals surface area contributed by atoms with Crippen LogP contribution in [0.1, 0.15) is 11.1 Å². The highest BCUT2D eigenvalue weighted by atomic mass is 19.1. The monoisotopic (exact) mass is 349 g/mol. The highest BCUT2D eigenvalue weighted by Crippen LogP contribution is 2.32. The topological polar surface area (TPSA) is 68.0 Å². The predicted molar refractivity (Wildman–Crippen MR) is 102 cm³/mol. The van der Waals surface area contributed by atoms with Crippen LogP contribution in [0, 0.1) is 12.9 Å². The lowest BCUT2D eigenvalue weighted by Gasteiger charge is -2.13. The molecule has 0 aliphatic rings. The van der Waals surface area contributed by atoms with Gasteiger partial charge in [0.15, 0.2) is 0 Å². The second kappa shape index (κ2) is 7.78. The molecule has 0 spiro atoms. The number of hydrogen-bond acceptors (Lipinski definition) is 3. The Bertz CT molecular complexity index is 926. The average molecular weight is 349 g/mol. The smallest absolute Gasteiger partial charge is 0.222 e. The van der Waals surface area contributed by atoms with Gasteiger partial charge in [-0.2, -0.15) is 4.39 Å². The Morgan fingerprint density at radius 2 is 1.85 bits per heavy atom. The van der Waals surface area contributed by atoms with Gasteiger partial charge in [-0.3, -0.25) is 4.79 Å². The first-order valence-electron chi connectivity index (χ1n) is 8.38. The molecule has 5 heteroatoms. The normalized spacial score (nSPS) is 10.5. The molecule has 0 radical (unpaired) electrons. The van der Waals surface area contributed by atoms with Crippen LogP contribution in [-0.2, 0) is 11.2 Å². The van der Waals surface area contributed by atoms with Crippen molar-refractivity contribution in [2.45, 2.75) is 13.3 Å². The van der Waals surface area contributed by atoms with Crippen LogP contribution in [0.4, 0.5) is 10.2 Å². The Labute approximate surface area is 151 Å². The molecule has 0 saturated heterocycles. The van der Waals surface area contributed by atoms with E-state index in [4.69, 9.17) is 5.73 Å². The summed E-state index contributed by atoms with van der Waals surface area (Å²) in [6.07, 6.45) is 1.39. The van der Waals surface area contributed by atoms with E-state index in [1.165, 1.54) is 0 Å². The number of rotatable bonds is 6. The summed E-state index contributed by atoms with van der Waals surface area (Å²) in [4.78, 5) is 14.4. The lowest BCUT2D eigenvalue weighted by molar-refractivity contribution is -0.109. The zero-order valence-corrected chi connectivity index (χ0v) is 14.5. The Morgan fingerprint density at radius 3 is 2.58 bits per heavy atom. The van der Waals surface area contributed by atoms with Crippen molar-refractivity contribution in [2.75, 3.05) is 12.3 Å². The summed E-state index contributed by atoms with van der Waals surface area (Å²) < 4.78 is 14.3. The van der Waals surface area contributed by atoms with Crippen LogP contribution in [0.3, 0.4) is 0 Å². The van der Waals surface area contributed by atoms with Crippen LogP contribution >= 0.6 is 0 Å². The van der Waals surface area contributed by atoms with Crippen LogP contribution in [0.15, 0.2) is 54.6 Å². The van der Waals surface area contributed by atoms with Gasteiger partial charge in [0.2, 0.25) is 12.4 Å². The van der Waals surface area contributed by atoms with Crippen molar-refractivity contribution in [1.29, 1.82) is 0 Å². The van der Waals surface area contributed by atoms with E-state index in [2.05, 4.69) is 10.3 Å². The fourth-order valence-corrected chi connectivity index (χ4v) is 2.93. The average Bonchev–Trinajstić information content (AvgIpc) is 2.64. The molecule has 0 atom stereocenters. The van der Waals surface area contributed by atoms with Crippen molar-refractivity contribution in [3.63, 3.8) is 0 Å². The van der Waals surface area contributed by atoms with Gasteiger partial charge in [-0.25, -0.2) is 4.98 Å². The zero-order chi connectivity index (χ0) is 18.5. The predicted octanol–water partition coefficient (Wildman–Crippen LogP) is 3.73. The van der Waals surface area contributed by atoms with E-state index in [0.29, 0.717) is 30.5 Å². The molecular formula is C21H20FN3O. The molecule has 132 valence electrons. The molecule has 1 aromatic heterocycles. The van der Waals surface area contributed by atoms with Gasteiger partial charge in [0.25, 0.3) is 0 Å². The van der Waals surface area contributed by atoms with Gasteiger partial charge in [0.05, 0.1) is 0 Å². The highest BCUT2D eigenvalue weighted by molar-refractivity contribution is 5.80. The summed E-state index contributed by atoms with van der Waals surface area (Å²) in [5.41, 5.74) is 11.0. The number of nitrogen functional groups attached to an aromatic ring is 1. The third-order valence-electron chi connectivity index (χ3n) is 4.37. The molecule has 4 nitrogen and oxygen atoms in total. The van der Waals surface area contributed by atoms with Crippen LogP contribution in [-0.4, -0.2) is 17.9 Å². The van der Waals surface area contributed by atoms with Gasteiger partial charge in [0, 0.05) is 17.7 Å². The molecule has 1 heterocycles. The van der Waals surface area contributed by atoms with Crippen LogP contribution < -0.4 is 11.1 Å². The maximum Gasteiger partial charge on any atom is 0.222 e. The number of benzene rings is 2. The van der Waals surface area contributed by atoms with Crippen molar-refractivity contribution < 1.29 is 9.18 Å². The number of carbonyl (C=O) groups excluding carboxylic acids is 1. The minimum absolute atomic E-state index is 0.156. The van der Waals surface area contributed by atoms with E-state index in [-0.39, 0.29) is 5.82 Å². The van der Waals surface area contributed by atoms with Crippen molar-refractivity contribution in [3.05, 3.63) is 71.7 Å². The van der Waals surface area contributed by atoms with Crippen molar-refractivity contribution in [1.82, 2.24) is 10.3 Å². The molecule has 0 aliphatic heterocycles. The van der Waals surface area contributed by atoms with Crippen LogP contribution in [0.25, 0.3) is 22.3 Å². The Hall–Kier alpha value is -3.21. The SMILES string of the molecule is Cc1ccc(-c2cc(-c3ccccc3)c(F)nc2N)cc1CCNC=O. The van der Waals surface area contributed by atoms with Crippen LogP contribution in [0.5, 0.6) is 0 Å². The molecule has 0 saturated carbocycles. The first-order valence-corrected chi connectivity index (χ1v) is 8.38. The number of carbonyl (C=O) groups is 1. The van der Waals surface area contributed by atoms with Crippen molar-refractivity contribution >= 4 is 12.2 Å². The Morgan fingerprint density at radius 1 is 1.08 bits per heavy atom. The first-order chi connectivity index (χ1) is 12.6. The summed E-state index contributed by atoms with van der Waals surface area (Å²) in [7, 11) is 0. The number of aromatic nitrogens is 1. The minimum Gasteiger partial charge on any atom is -0.383 e. The second-order valence-electron chi connectivity index (χ2n) is 6.09. The number of nitrogens with zero attached hydrogens (tertiary/aromatic N) is 1. The van der Waals surface area contributed by atoms with E-state index >= 15 is 0 Å². The highest BCUT2D eigenvalue weighted by Gasteiger charge is 2.13. The summed E-state index contributed by atoms with van der Waals surface area (Å²) in [5, 5.41) is 2.67. The fourth-order valence-electron chi connectivity index (χ4n) is 2.93. The Balaban J connectivity index is 2.04. The van der Waals surface area contributed by atoms with Crippen molar-refractivity contribution in [3.8, 4) is 22.3 Å². The largest absolute Gasteiger partial charge is 0.383 e. The van der Waals surface area contributed by atoms with E-state index in [1.807, 2.05) is 55.5 Å². The number of pyridine rings is 1. The number of amides is 1. The molecular weight excluding hydrogens is 329 g/mol. The Kier molecular flexibility index (Phi) is 5.27. The molecule has 0 unspecified atom stereocenters. The van der Waals surface area contributed by atoms with E-state index in [9.17, 15) is 9.18 Å². The standard InChI is InChI=1S/C21H20FN3O/c1-14-7-8-17(11-16(14)9-10-24-13-26)19-12-18(20(22)25-21(19)23)15-5-3-2-4-6-15/h2-8,11-13H,9-10H2,1H3,(H2,23,25)(H,24,26). The van der Waals surface area contributed by atoms with Gasteiger partial charge in [-0.05, 0) is 41.7 Å². The van der Waals surface area contributed by atoms with Crippen LogP contribution in [0.2, 0.25) is 0 Å². The molecule has 0 aliphatic carbocycles. The third-order valence-corrected chi connectivity index (χ3v) is 4.37. The second-order valence-corrected chi connectivity index (χ2v) is 6.09. The van der Waals surface area contributed by atoms with Gasteiger partial charge in [0.1, 0.15) is 5.82 Å². The number of anilines is 1. The van der Waals surface area contributed by atoms with E-state index in [0.717, 1.165) is 22.3 Å². The molecule has 26 heavy (non-hydrogen) atoms. The summed E-state index contributed by atoms with van der Waals surface area (Å²) >= 11 is 0. The number of hydrogen-bond donors (Lipinski definition) is 2. The molecule has 2 aromatic carbocycles. The summed E-state index contributed by atoms with van der Waals surface area (Å²) in [6, 6.07) is 17.0. The molecule has 3 aromatic rings. The first kappa shape index (κ1) is 17.6. The van der Waals surface area contributed by atoms with Crippen molar-refractivity contribution in [2.24, 2.45) is 0 Å². The van der Waals surface area contributed by atoms with Gasteiger partial charge in [-0.1, -0.05) is 48.5 Å². The number of halogens is 1. The van der Waals surface area contributed by atoms with E-state index in [1.54, 1.807) is 6.07 Å². The summed E-state index contributed by atoms with van der Waals surface area (Å²) in [6.45, 7) is 2.57. The zero-order valence-electron chi connectivity index (χ0n) is 14.5. The van der Waals surface area contributed by atoms with Gasteiger partial charge < -0.3 is 11.1 Å². The molecule has 1 amide bonds. The molecule has 3 rings (SSSR count). The third kappa shape index (κ3) is 3.72. The lowest BCUT2D eigenvalue weighted by Crippen LogP contribution is -2.14. The lowest BCUT2D eigenvalue weighted by atomic mass is 9.96. The maximum atomic E-state index is 14.3. The quantitative estimate of drug-likeness (QED) is 0.405. The number of nitrogens with one attached hydrogen (secondary N) is 1.